The first-order valence-corrected chi connectivity index (χ1v) is 13.4. The second-order valence-corrected chi connectivity index (χ2v) is 9.74. The number of amides is 3. The average Bonchev–Trinajstić information content (AvgIpc) is 2.96. The summed E-state index contributed by atoms with van der Waals surface area (Å²) in [5.41, 5.74) is 1.86. The second kappa shape index (κ2) is 14.0. The lowest BCUT2D eigenvalue weighted by Crippen LogP contribution is -2.46. The third-order valence-corrected chi connectivity index (χ3v) is 6.72. The fourth-order valence-electron chi connectivity index (χ4n) is 4.64. The number of alkyl halides is 3. The zero-order valence-corrected chi connectivity index (χ0v) is 22.8. The van der Waals surface area contributed by atoms with E-state index in [0.717, 1.165) is 50.5 Å². The van der Waals surface area contributed by atoms with E-state index in [1.165, 1.54) is 17.7 Å². The summed E-state index contributed by atoms with van der Waals surface area (Å²) in [6.45, 7) is 4.87. The van der Waals surface area contributed by atoms with Gasteiger partial charge in [0.05, 0.1) is 11.1 Å². The molecule has 1 heterocycles. The monoisotopic (exact) mass is 569 g/mol. The molecular weight excluding hydrogens is 535 g/mol. The predicted octanol–water partition coefficient (Wildman–Crippen LogP) is 5.44. The number of anilines is 3. The van der Waals surface area contributed by atoms with Gasteiger partial charge in [-0.3, -0.25) is 9.69 Å². The molecule has 41 heavy (non-hydrogen) atoms. The maximum atomic E-state index is 13.2. The molecule has 218 valence electrons. The summed E-state index contributed by atoms with van der Waals surface area (Å²) in [5.74, 6) is -0.287. The van der Waals surface area contributed by atoms with Gasteiger partial charge in [-0.15, -0.1) is 0 Å². The van der Waals surface area contributed by atoms with E-state index in [0.29, 0.717) is 30.8 Å². The van der Waals surface area contributed by atoms with Crippen LogP contribution >= 0.6 is 0 Å². The Balaban J connectivity index is 1.45. The molecule has 1 fully saturated rings. The van der Waals surface area contributed by atoms with Crippen LogP contribution in [-0.2, 0) is 17.5 Å². The van der Waals surface area contributed by atoms with Crippen molar-refractivity contribution in [2.24, 2.45) is 0 Å². The molecule has 3 aromatic rings. The molecule has 0 spiro atoms. The highest BCUT2D eigenvalue weighted by atomic mass is 19.4. The quantitative estimate of drug-likeness (QED) is 0.283. The lowest BCUT2D eigenvalue weighted by Gasteiger charge is -2.37. The van der Waals surface area contributed by atoms with Crippen LogP contribution in [0.25, 0.3) is 0 Å². The first-order valence-electron chi connectivity index (χ1n) is 13.4. The minimum absolute atomic E-state index is 0.00146. The third kappa shape index (κ3) is 8.70. The highest BCUT2D eigenvalue weighted by molar-refractivity contribution is 6.04. The average molecular weight is 570 g/mol. The number of benzene rings is 3. The molecule has 0 saturated carbocycles. The van der Waals surface area contributed by atoms with Crippen molar-refractivity contribution in [3.05, 3.63) is 89.5 Å². The fraction of sp³-hybridized carbons (Fsp3) is 0.333. The number of hydrogen-bond acceptors (Lipinski definition) is 5. The van der Waals surface area contributed by atoms with Crippen LogP contribution in [-0.4, -0.2) is 63.3 Å². The van der Waals surface area contributed by atoms with Crippen LogP contribution in [0.3, 0.4) is 0 Å². The molecule has 0 unspecified atom stereocenters. The lowest BCUT2D eigenvalue weighted by atomic mass is 10.1. The fourth-order valence-corrected chi connectivity index (χ4v) is 4.64. The molecule has 1 saturated heterocycles. The Morgan fingerprint density at radius 1 is 0.878 bits per heavy atom. The van der Waals surface area contributed by atoms with Crippen LogP contribution in [0.2, 0.25) is 0 Å². The number of hydrogen-bond donors (Lipinski definition) is 3. The van der Waals surface area contributed by atoms with Gasteiger partial charge in [0.1, 0.15) is 0 Å². The van der Waals surface area contributed by atoms with Gasteiger partial charge in [0, 0.05) is 70.0 Å². The highest BCUT2D eigenvalue weighted by Crippen LogP contribution is 2.31. The van der Waals surface area contributed by atoms with E-state index < -0.39 is 17.8 Å². The first kappa shape index (κ1) is 29.9. The maximum absolute atomic E-state index is 13.2. The van der Waals surface area contributed by atoms with Crippen LogP contribution in [0.15, 0.2) is 72.8 Å². The molecule has 8 nitrogen and oxygen atoms in total. The van der Waals surface area contributed by atoms with E-state index in [-0.39, 0.29) is 11.6 Å². The number of piperazine rings is 1. The molecule has 11 heteroatoms. The molecule has 1 aliphatic rings. The molecule has 3 amide bonds. The molecule has 0 atom stereocenters. The number of ether oxygens (including phenoxy) is 1. The Morgan fingerprint density at radius 3 is 2.27 bits per heavy atom. The Morgan fingerprint density at radius 2 is 1.59 bits per heavy atom. The number of halogens is 3. The van der Waals surface area contributed by atoms with Crippen LogP contribution < -0.4 is 20.9 Å². The van der Waals surface area contributed by atoms with E-state index in [2.05, 4.69) is 37.9 Å². The minimum atomic E-state index is -4.53. The Hall–Kier alpha value is -4.09. The number of urea groups is 1. The summed E-state index contributed by atoms with van der Waals surface area (Å²) >= 11 is 0. The summed E-state index contributed by atoms with van der Waals surface area (Å²) in [6, 6.07) is 19.0. The standard InChI is InChI=1S/C30H34F3N5O3/c1-41-18-6-13-34-28(39)26-20-25(36-29(40)35-24-10-5-9-23(19-24)30(31,32)33)11-12-27(26)38-16-14-37(15-17-38)21-22-7-3-2-4-8-22/h2-5,7-12,19-20H,6,13-18,21H2,1H3,(H,34,39)(H2,35,36,40). The van der Waals surface area contributed by atoms with E-state index in [1.54, 1.807) is 25.3 Å². The van der Waals surface area contributed by atoms with Crippen molar-refractivity contribution in [1.29, 1.82) is 0 Å². The molecule has 3 aromatic carbocycles. The predicted molar refractivity (Wildman–Crippen MR) is 153 cm³/mol. The van der Waals surface area contributed by atoms with E-state index in [9.17, 15) is 22.8 Å². The Kier molecular flexibility index (Phi) is 10.2. The van der Waals surface area contributed by atoms with Crippen molar-refractivity contribution in [3.8, 4) is 0 Å². The zero-order valence-electron chi connectivity index (χ0n) is 22.8. The number of methoxy groups -OCH3 is 1. The molecular formula is C30H34F3N5O3. The molecule has 3 N–H and O–H groups in total. The van der Waals surface area contributed by atoms with Gasteiger partial charge in [0.2, 0.25) is 0 Å². The number of rotatable bonds is 10. The van der Waals surface area contributed by atoms with Gasteiger partial charge >= 0.3 is 12.2 Å². The van der Waals surface area contributed by atoms with Crippen molar-refractivity contribution >= 4 is 29.0 Å². The van der Waals surface area contributed by atoms with Crippen molar-refractivity contribution in [1.82, 2.24) is 10.2 Å². The maximum Gasteiger partial charge on any atom is 0.416 e. The van der Waals surface area contributed by atoms with Crippen LogP contribution in [0, 0.1) is 0 Å². The van der Waals surface area contributed by atoms with Crippen molar-refractivity contribution in [3.63, 3.8) is 0 Å². The van der Waals surface area contributed by atoms with Crippen LogP contribution in [0.5, 0.6) is 0 Å². The molecule has 1 aliphatic heterocycles. The lowest BCUT2D eigenvalue weighted by molar-refractivity contribution is -0.137. The molecule has 0 bridgehead atoms. The smallest absolute Gasteiger partial charge is 0.385 e. The largest absolute Gasteiger partial charge is 0.416 e. The topological polar surface area (TPSA) is 85.9 Å². The second-order valence-electron chi connectivity index (χ2n) is 9.74. The Labute approximate surface area is 237 Å². The van der Waals surface area contributed by atoms with Gasteiger partial charge in [-0.05, 0) is 48.4 Å². The summed E-state index contributed by atoms with van der Waals surface area (Å²) < 4.78 is 44.2. The van der Waals surface area contributed by atoms with Gasteiger partial charge in [0.25, 0.3) is 5.91 Å². The van der Waals surface area contributed by atoms with E-state index in [1.807, 2.05) is 18.2 Å². The van der Waals surface area contributed by atoms with Gasteiger partial charge in [0.15, 0.2) is 0 Å². The third-order valence-electron chi connectivity index (χ3n) is 6.72. The highest BCUT2D eigenvalue weighted by Gasteiger charge is 2.30. The van der Waals surface area contributed by atoms with E-state index >= 15 is 0 Å². The summed E-state index contributed by atoms with van der Waals surface area (Å²) in [7, 11) is 1.59. The first-order chi connectivity index (χ1) is 19.7. The zero-order chi connectivity index (χ0) is 29.2. The van der Waals surface area contributed by atoms with Crippen LogP contribution in [0.1, 0.15) is 27.9 Å². The van der Waals surface area contributed by atoms with Crippen molar-refractivity contribution in [2.45, 2.75) is 19.1 Å². The molecule has 0 aliphatic carbocycles. The van der Waals surface area contributed by atoms with Crippen molar-refractivity contribution in [2.75, 3.05) is 62.0 Å². The van der Waals surface area contributed by atoms with Gasteiger partial charge in [-0.1, -0.05) is 36.4 Å². The molecule has 0 radical (unpaired) electrons. The summed E-state index contributed by atoms with van der Waals surface area (Å²) in [5, 5.41) is 7.95. The van der Waals surface area contributed by atoms with E-state index in [4.69, 9.17) is 4.74 Å². The van der Waals surface area contributed by atoms with Crippen molar-refractivity contribution < 1.29 is 27.5 Å². The molecule has 0 aromatic heterocycles. The minimum Gasteiger partial charge on any atom is -0.385 e. The van der Waals surface area contributed by atoms with Gasteiger partial charge in [-0.2, -0.15) is 13.2 Å². The summed E-state index contributed by atoms with van der Waals surface area (Å²) in [4.78, 5) is 30.3. The van der Waals surface area contributed by atoms with Crippen LogP contribution in [0.4, 0.5) is 35.0 Å². The number of nitrogens with one attached hydrogen (secondary N) is 3. The Bertz CT molecular complexity index is 1310. The molecule has 4 rings (SSSR count). The summed E-state index contributed by atoms with van der Waals surface area (Å²) in [6.07, 6.45) is -3.88. The number of nitrogens with zero attached hydrogens (tertiary/aromatic N) is 2. The number of carbonyl (C=O) groups excluding carboxylic acids is 2. The SMILES string of the molecule is COCCCNC(=O)c1cc(NC(=O)Nc2cccc(C(F)(F)F)c2)ccc1N1CCN(Cc2ccccc2)CC1. The normalized spacial score (nSPS) is 14.0. The van der Waals surface area contributed by atoms with Gasteiger partial charge < -0.3 is 25.6 Å². The number of carbonyl (C=O) groups is 2. The van der Waals surface area contributed by atoms with Gasteiger partial charge in [-0.25, -0.2) is 4.79 Å².